The van der Waals surface area contributed by atoms with E-state index in [4.69, 9.17) is 9.15 Å². The third-order valence-electron chi connectivity index (χ3n) is 3.42. The summed E-state index contributed by atoms with van der Waals surface area (Å²) in [6, 6.07) is 11.1. The standard InChI is InChI=1S/C17H12N2O5/c1-23-16-8-12(6-7-14(16)19(21)22)18-9-11-10-24-15-5-3-2-4-13(15)17(11)20/h2-10H,1H3. The first-order chi connectivity index (χ1) is 11.6. The van der Waals surface area contributed by atoms with Gasteiger partial charge in [0.25, 0.3) is 0 Å². The van der Waals surface area contributed by atoms with Gasteiger partial charge in [-0.1, -0.05) is 12.1 Å². The van der Waals surface area contributed by atoms with Gasteiger partial charge in [0.05, 0.1) is 28.7 Å². The molecule has 3 rings (SSSR count). The highest BCUT2D eigenvalue weighted by atomic mass is 16.6. The zero-order valence-electron chi connectivity index (χ0n) is 12.6. The number of nitro groups is 1. The second-order valence-electron chi connectivity index (χ2n) is 4.89. The molecule has 2 aromatic carbocycles. The summed E-state index contributed by atoms with van der Waals surface area (Å²) < 4.78 is 10.4. The number of para-hydroxylation sites is 1. The molecule has 3 aromatic rings. The van der Waals surface area contributed by atoms with Crippen molar-refractivity contribution in [1.82, 2.24) is 0 Å². The molecule has 1 aromatic heterocycles. The van der Waals surface area contributed by atoms with Crippen LogP contribution in [0.15, 0.2) is 62.9 Å². The maximum Gasteiger partial charge on any atom is 0.311 e. The molecule has 0 saturated carbocycles. The zero-order valence-corrected chi connectivity index (χ0v) is 12.6. The first-order valence-corrected chi connectivity index (χ1v) is 6.97. The number of hydrogen-bond donors (Lipinski definition) is 0. The molecule has 0 saturated heterocycles. The van der Waals surface area contributed by atoms with Gasteiger partial charge in [-0.15, -0.1) is 0 Å². The molecule has 0 unspecified atom stereocenters. The number of rotatable bonds is 4. The van der Waals surface area contributed by atoms with Gasteiger partial charge in [-0.3, -0.25) is 19.9 Å². The molecule has 0 spiro atoms. The second kappa shape index (κ2) is 6.33. The van der Waals surface area contributed by atoms with Gasteiger partial charge >= 0.3 is 5.69 Å². The highest BCUT2D eigenvalue weighted by molar-refractivity contribution is 5.87. The Morgan fingerprint density at radius 3 is 2.79 bits per heavy atom. The van der Waals surface area contributed by atoms with Crippen LogP contribution in [0.5, 0.6) is 5.75 Å². The van der Waals surface area contributed by atoms with Crippen LogP contribution in [0.25, 0.3) is 11.0 Å². The smallest absolute Gasteiger partial charge is 0.311 e. The summed E-state index contributed by atoms with van der Waals surface area (Å²) in [4.78, 5) is 26.9. The van der Waals surface area contributed by atoms with Crippen molar-refractivity contribution < 1.29 is 14.1 Å². The van der Waals surface area contributed by atoms with Crippen LogP contribution in [-0.2, 0) is 0 Å². The van der Waals surface area contributed by atoms with E-state index >= 15 is 0 Å². The lowest BCUT2D eigenvalue weighted by molar-refractivity contribution is -0.385. The van der Waals surface area contributed by atoms with Crippen LogP contribution in [0.3, 0.4) is 0 Å². The summed E-state index contributed by atoms with van der Waals surface area (Å²) in [6.45, 7) is 0. The van der Waals surface area contributed by atoms with E-state index in [9.17, 15) is 14.9 Å². The Balaban J connectivity index is 1.98. The normalized spacial score (nSPS) is 11.0. The van der Waals surface area contributed by atoms with Crippen molar-refractivity contribution in [2.75, 3.05) is 7.11 Å². The number of hydrogen-bond acceptors (Lipinski definition) is 6. The molecule has 7 heteroatoms. The third kappa shape index (κ3) is 2.87. The predicted octanol–water partition coefficient (Wildman–Crippen LogP) is 3.46. The number of nitrogens with zero attached hydrogens (tertiary/aromatic N) is 2. The van der Waals surface area contributed by atoms with Gasteiger partial charge < -0.3 is 9.15 Å². The van der Waals surface area contributed by atoms with Crippen LogP contribution in [-0.4, -0.2) is 18.2 Å². The molecule has 0 aliphatic rings. The molecular weight excluding hydrogens is 312 g/mol. The van der Waals surface area contributed by atoms with Crippen molar-refractivity contribution in [3.8, 4) is 5.75 Å². The number of nitro benzene ring substituents is 1. The Morgan fingerprint density at radius 2 is 2.04 bits per heavy atom. The third-order valence-corrected chi connectivity index (χ3v) is 3.42. The fraction of sp³-hybridized carbons (Fsp3) is 0.0588. The van der Waals surface area contributed by atoms with E-state index in [0.29, 0.717) is 16.7 Å². The highest BCUT2D eigenvalue weighted by Crippen LogP contribution is 2.30. The quantitative estimate of drug-likeness (QED) is 0.416. The lowest BCUT2D eigenvalue weighted by Gasteiger charge is -2.02. The summed E-state index contributed by atoms with van der Waals surface area (Å²) in [7, 11) is 1.34. The number of aliphatic imine (C=N–C) groups is 1. The molecule has 0 aliphatic carbocycles. The summed E-state index contributed by atoms with van der Waals surface area (Å²) in [5, 5.41) is 11.3. The second-order valence-corrected chi connectivity index (χ2v) is 4.89. The van der Waals surface area contributed by atoms with Gasteiger partial charge in [0, 0.05) is 18.3 Å². The number of ether oxygens (including phenoxy) is 1. The molecule has 0 amide bonds. The monoisotopic (exact) mass is 324 g/mol. The van der Waals surface area contributed by atoms with Crippen LogP contribution >= 0.6 is 0 Å². The first kappa shape index (κ1) is 15.4. The SMILES string of the molecule is COc1cc(N=Cc2coc3ccccc3c2=O)ccc1[N+](=O)[O-]. The molecule has 0 radical (unpaired) electrons. The molecule has 120 valence electrons. The Morgan fingerprint density at radius 1 is 1.25 bits per heavy atom. The zero-order chi connectivity index (χ0) is 17.1. The number of benzene rings is 2. The molecule has 0 aliphatic heterocycles. The number of methoxy groups -OCH3 is 1. The van der Waals surface area contributed by atoms with Crippen LogP contribution < -0.4 is 10.2 Å². The molecule has 0 fully saturated rings. The van der Waals surface area contributed by atoms with E-state index < -0.39 is 4.92 Å². The largest absolute Gasteiger partial charge is 0.490 e. The minimum absolute atomic E-state index is 0.0974. The Kier molecular flexibility index (Phi) is 4.07. The summed E-state index contributed by atoms with van der Waals surface area (Å²) in [5.41, 5.74) is 0.851. The minimum Gasteiger partial charge on any atom is -0.490 e. The first-order valence-electron chi connectivity index (χ1n) is 6.97. The molecule has 0 bridgehead atoms. The van der Waals surface area contributed by atoms with Gasteiger partial charge in [-0.05, 0) is 18.2 Å². The van der Waals surface area contributed by atoms with Crippen LogP contribution in [0.1, 0.15) is 5.56 Å². The van der Waals surface area contributed by atoms with Crippen molar-refractivity contribution >= 4 is 28.6 Å². The van der Waals surface area contributed by atoms with Crippen molar-refractivity contribution in [2.45, 2.75) is 0 Å². The van der Waals surface area contributed by atoms with Gasteiger partial charge in [0.1, 0.15) is 11.8 Å². The molecule has 0 N–H and O–H groups in total. The fourth-order valence-corrected chi connectivity index (χ4v) is 2.22. The fourth-order valence-electron chi connectivity index (χ4n) is 2.22. The van der Waals surface area contributed by atoms with Crippen molar-refractivity contribution in [3.05, 3.63) is 74.6 Å². The summed E-state index contributed by atoms with van der Waals surface area (Å²) in [6.07, 6.45) is 2.69. The summed E-state index contributed by atoms with van der Waals surface area (Å²) in [5.74, 6) is 0.0974. The van der Waals surface area contributed by atoms with Crippen molar-refractivity contribution in [3.63, 3.8) is 0 Å². The van der Waals surface area contributed by atoms with Crippen LogP contribution in [0, 0.1) is 10.1 Å². The maximum absolute atomic E-state index is 12.4. The molecule has 24 heavy (non-hydrogen) atoms. The van der Waals surface area contributed by atoms with Gasteiger partial charge in [-0.2, -0.15) is 0 Å². The summed E-state index contributed by atoms with van der Waals surface area (Å²) >= 11 is 0. The van der Waals surface area contributed by atoms with Crippen molar-refractivity contribution in [1.29, 1.82) is 0 Å². The van der Waals surface area contributed by atoms with E-state index in [1.54, 1.807) is 24.3 Å². The minimum atomic E-state index is -0.537. The Bertz CT molecular complexity index is 1010. The van der Waals surface area contributed by atoms with E-state index in [0.717, 1.165) is 0 Å². The highest BCUT2D eigenvalue weighted by Gasteiger charge is 2.14. The molecule has 0 atom stereocenters. The average Bonchev–Trinajstić information content (AvgIpc) is 2.61. The van der Waals surface area contributed by atoms with Gasteiger partial charge in [0.15, 0.2) is 5.75 Å². The van der Waals surface area contributed by atoms with E-state index in [1.165, 1.54) is 37.8 Å². The van der Waals surface area contributed by atoms with E-state index in [-0.39, 0.29) is 22.4 Å². The van der Waals surface area contributed by atoms with Crippen LogP contribution in [0.4, 0.5) is 11.4 Å². The lowest BCUT2D eigenvalue weighted by atomic mass is 10.2. The maximum atomic E-state index is 12.4. The average molecular weight is 324 g/mol. The van der Waals surface area contributed by atoms with E-state index in [2.05, 4.69) is 4.99 Å². The topological polar surface area (TPSA) is 94.9 Å². The Labute approximate surface area is 136 Å². The number of fused-ring (bicyclic) bond motifs is 1. The van der Waals surface area contributed by atoms with Crippen LogP contribution in [0.2, 0.25) is 0 Å². The van der Waals surface area contributed by atoms with Gasteiger partial charge in [0.2, 0.25) is 5.43 Å². The predicted molar refractivity (Wildman–Crippen MR) is 89.4 cm³/mol. The van der Waals surface area contributed by atoms with E-state index in [1.807, 2.05) is 0 Å². The van der Waals surface area contributed by atoms with Crippen molar-refractivity contribution in [2.24, 2.45) is 4.99 Å². The molecular formula is C17H12N2O5. The molecule has 1 heterocycles. The van der Waals surface area contributed by atoms with Gasteiger partial charge in [-0.25, -0.2) is 0 Å². The molecule has 7 nitrogen and oxygen atoms in total. The lowest BCUT2D eigenvalue weighted by Crippen LogP contribution is -2.07. The Hall–Kier alpha value is -3.48.